The van der Waals surface area contributed by atoms with Gasteiger partial charge in [0.15, 0.2) is 5.82 Å². The Hall–Kier alpha value is -2.94. The summed E-state index contributed by atoms with van der Waals surface area (Å²) in [5, 5.41) is 0. The fourth-order valence-corrected chi connectivity index (χ4v) is 2.61. The minimum atomic E-state index is 0.809. The summed E-state index contributed by atoms with van der Waals surface area (Å²) in [5.41, 5.74) is 6.42. The van der Waals surface area contributed by atoms with Gasteiger partial charge < -0.3 is 4.98 Å². The molecule has 22 heavy (non-hydrogen) atoms. The van der Waals surface area contributed by atoms with E-state index in [1.165, 1.54) is 16.7 Å². The Kier molecular flexibility index (Phi) is 2.97. The van der Waals surface area contributed by atoms with Crippen molar-refractivity contribution in [1.82, 2.24) is 15.0 Å². The number of imidazole rings is 1. The second-order valence-corrected chi connectivity index (χ2v) is 5.40. The molecule has 2 aromatic heterocycles. The number of fused-ring (bicyclic) bond motifs is 1. The zero-order valence-electron chi connectivity index (χ0n) is 12.2. The van der Waals surface area contributed by atoms with Crippen molar-refractivity contribution in [2.45, 2.75) is 6.92 Å². The Morgan fingerprint density at radius 1 is 0.864 bits per heavy atom. The van der Waals surface area contributed by atoms with Crippen LogP contribution in [0.25, 0.3) is 33.7 Å². The van der Waals surface area contributed by atoms with Gasteiger partial charge in [0.1, 0.15) is 5.69 Å². The number of nitrogens with zero attached hydrogens (tertiary/aromatic N) is 2. The highest BCUT2D eigenvalue weighted by atomic mass is 14.9. The zero-order valence-corrected chi connectivity index (χ0v) is 12.2. The van der Waals surface area contributed by atoms with E-state index in [2.05, 4.69) is 58.3 Å². The van der Waals surface area contributed by atoms with E-state index < -0.39 is 0 Å². The van der Waals surface area contributed by atoms with Gasteiger partial charge in [-0.1, -0.05) is 36.4 Å². The number of rotatable bonds is 2. The first-order valence-electron chi connectivity index (χ1n) is 7.28. The van der Waals surface area contributed by atoms with Gasteiger partial charge in [-0.15, -0.1) is 0 Å². The molecule has 0 saturated heterocycles. The molecular formula is C19H15N3. The van der Waals surface area contributed by atoms with Crippen LogP contribution in [0, 0.1) is 6.92 Å². The van der Waals surface area contributed by atoms with Crippen molar-refractivity contribution in [2.75, 3.05) is 0 Å². The van der Waals surface area contributed by atoms with Crippen LogP contribution in [0.5, 0.6) is 0 Å². The largest absolute Gasteiger partial charge is 0.337 e. The number of hydrogen-bond acceptors (Lipinski definition) is 2. The van der Waals surface area contributed by atoms with E-state index in [0.717, 1.165) is 22.6 Å². The highest BCUT2D eigenvalue weighted by Gasteiger charge is 2.07. The van der Waals surface area contributed by atoms with Crippen molar-refractivity contribution in [2.24, 2.45) is 0 Å². The molecular weight excluding hydrogens is 270 g/mol. The average Bonchev–Trinajstić information content (AvgIpc) is 2.99. The first-order chi connectivity index (χ1) is 10.8. The van der Waals surface area contributed by atoms with E-state index in [1.54, 1.807) is 0 Å². The first kappa shape index (κ1) is 12.8. The maximum Gasteiger partial charge on any atom is 0.157 e. The summed E-state index contributed by atoms with van der Waals surface area (Å²) in [5.74, 6) is 0.809. The lowest BCUT2D eigenvalue weighted by Crippen LogP contribution is -1.85. The molecule has 0 atom stereocenters. The van der Waals surface area contributed by atoms with Crippen LogP contribution >= 0.6 is 0 Å². The van der Waals surface area contributed by atoms with E-state index >= 15 is 0 Å². The minimum absolute atomic E-state index is 0.809. The van der Waals surface area contributed by atoms with Gasteiger partial charge in [-0.2, -0.15) is 0 Å². The third kappa shape index (κ3) is 2.27. The van der Waals surface area contributed by atoms with Crippen LogP contribution in [-0.4, -0.2) is 15.0 Å². The van der Waals surface area contributed by atoms with Gasteiger partial charge in [0.2, 0.25) is 0 Å². The fraction of sp³-hybridized carbons (Fsp3) is 0.0526. The number of aryl methyl sites for hydroxylation is 1. The predicted octanol–water partition coefficient (Wildman–Crippen LogP) is 4.60. The van der Waals surface area contributed by atoms with Crippen LogP contribution in [0.1, 0.15) is 5.56 Å². The fourth-order valence-electron chi connectivity index (χ4n) is 2.61. The van der Waals surface area contributed by atoms with E-state index in [-0.39, 0.29) is 0 Å². The second-order valence-electron chi connectivity index (χ2n) is 5.40. The summed E-state index contributed by atoms with van der Waals surface area (Å²) in [6.45, 7) is 2.06. The lowest BCUT2D eigenvalue weighted by molar-refractivity contribution is 1.22. The maximum absolute atomic E-state index is 4.64. The van der Waals surface area contributed by atoms with Crippen molar-refractivity contribution in [3.8, 4) is 22.6 Å². The molecule has 0 bridgehead atoms. The van der Waals surface area contributed by atoms with Gasteiger partial charge in [-0.25, -0.2) is 4.98 Å². The van der Waals surface area contributed by atoms with Crippen molar-refractivity contribution in [1.29, 1.82) is 0 Å². The summed E-state index contributed by atoms with van der Waals surface area (Å²) >= 11 is 0. The molecule has 4 rings (SSSR count). The summed E-state index contributed by atoms with van der Waals surface area (Å²) in [7, 11) is 0. The van der Waals surface area contributed by atoms with Gasteiger partial charge in [0.05, 0.1) is 11.0 Å². The molecule has 0 fully saturated rings. The number of aromatic amines is 1. The minimum Gasteiger partial charge on any atom is -0.337 e. The SMILES string of the molecule is Cc1ccnc(-c2nc3ccc(-c4ccccc4)cc3[nH]2)c1. The smallest absolute Gasteiger partial charge is 0.157 e. The van der Waals surface area contributed by atoms with E-state index in [9.17, 15) is 0 Å². The Bertz CT molecular complexity index is 939. The van der Waals surface area contributed by atoms with Crippen molar-refractivity contribution in [3.05, 3.63) is 72.4 Å². The van der Waals surface area contributed by atoms with Gasteiger partial charge >= 0.3 is 0 Å². The van der Waals surface area contributed by atoms with Crippen molar-refractivity contribution >= 4 is 11.0 Å². The molecule has 0 radical (unpaired) electrons. The highest BCUT2D eigenvalue weighted by molar-refractivity contribution is 5.84. The first-order valence-corrected chi connectivity index (χ1v) is 7.28. The van der Waals surface area contributed by atoms with E-state index in [0.29, 0.717) is 0 Å². The number of pyridine rings is 1. The molecule has 3 heteroatoms. The molecule has 2 heterocycles. The monoisotopic (exact) mass is 285 g/mol. The molecule has 106 valence electrons. The number of benzene rings is 2. The molecule has 0 aliphatic rings. The lowest BCUT2D eigenvalue weighted by atomic mass is 10.1. The molecule has 0 aliphatic carbocycles. The van der Waals surface area contributed by atoms with Crippen LogP contribution in [0.15, 0.2) is 66.9 Å². The molecule has 0 spiro atoms. The number of H-pyrrole nitrogens is 1. The van der Waals surface area contributed by atoms with Gasteiger partial charge in [-0.05, 0) is 47.9 Å². The van der Waals surface area contributed by atoms with Crippen molar-refractivity contribution in [3.63, 3.8) is 0 Å². The predicted molar refractivity (Wildman–Crippen MR) is 89.5 cm³/mol. The molecule has 0 amide bonds. The maximum atomic E-state index is 4.64. The number of hydrogen-bond donors (Lipinski definition) is 1. The Balaban J connectivity index is 1.82. The Labute approximate surface area is 128 Å². The standard InChI is InChI=1S/C19H15N3/c1-13-9-10-20-18(11-13)19-21-16-8-7-15(12-17(16)22-19)14-5-3-2-4-6-14/h2-12H,1H3,(H,21,22). The Morgan fingerprint density at radius 3 is 2.55 bits per heavy atom. The Morgan fingerprint density at radius 2 is 1.73 bits per heavy atom. The van der Waals surface area contributed by atoms with Gasteiger partial charge in [0, 0.05) is 6.20 Å². The second kappa shape index (κ2) is 5.11. The highest BCUT2D eigenvalue weighted by Crippen LogP contribution is 2.25. The van der Waals surface area contributed by atoms with Gasteiger partial charge in [0.25, 0.3) is 0 Å². The van der Waals surface area contributed by atoms with Crippen LogP contribution in [0.2, 0.25) is 0 Å². The van der Waals surface area contributed by atoms with E-state index in [1.807, 2.05) is 30.5 Å². The van der Waals surface area contributed by atoms with Crippen molar-refractivity contribution < 1.29 is 0 Å². The average molecular weight is 285 g/mol. The molecule has 4 aromatic rings. The quantitative estimate of drug-likeness (QED) is 0.584. The van der Waals surface area contributed by atoms with Crippen LogP contribution < -0.4 is 0 Å². The summed E-state index contributed by atoms with van der Waals surface area (Å²) in [4.78, 5) is 12.4. The molecule has 0 unspecified atom stereocenters. The van der Waals surface area contributed by atoms with E-state index in [4.69, 9.17) is 0 Å². The molecule has 0 saturated carbocycles. The third-order valence-electron chi connectivity index (χ3n) is 3.75. The molecule has 0 aliphatic heterocycles. The summed E-state index contributed by atoms with van der Waals surface area (Å²) in [6.07, 6.45) is 1.81. The normalized spacial score (nSPS) is 11.0. The molecule has 3 nitrogen and oxygen atoms in total. The topological polar surface area (TPSA) is 41.6 Å². The zero-order chi connectivity index (χ0) is 14.9. The third-order valence-corrected chi connectivity index (χ3v) is 3.75. The number of aromatic nitrogens is 3. The summed E-state index contributed by atoms with van der Waals surface area (Å²) < 4.78 is 0. The summed E-state index contributed by atoms with van der Waals surface area (Å²) in [6, 6.07) is 20.7. The molecule has 1 N–H and O–H groups in total. The van der Waals surface area contributed by atoms with Gasteiger partial charge in [-0.3, -0.25) is 4.98 Å². The molecule has 2 aromatic carbocycles. The lowest BCUT2D eigenvalue weighted by Gasteiger charge is -2.00. The van der Waals surface area contributed by atoms with Crippen LogP contribution in [-0.2, 0) is 0 Å². The number of nitrogens with one attached hydrogen (secondary N) is 1. The van der Waals surface area contributed by atoms with Crippen LogP contribution in [0.3, 0.4) is 0 Å². The van der Waals surface area contributed by atoms with Crippen LogP contribution in [0.4, 0.5) is 0 Å².